The Morgan fingerprint density at radius 2 is 1.92 bits per heavy atom. The maximum atomic E-state index is 4.43. The van der Waals surface area contributed by atoms with E-state index in [4.69, 9.17) is 0 Å². The van der Waals surface area contributed by atoms with E-state index in [0.717, 1.165) is 17.8 Å². The number of pyridine rings is 1. The summed E-state index contributed by atoms with van der Waals surface area (Å²) in [5.41, 5.74) is 7.99. The monoisotopic (exact) mass is 343 g/mol. The van der Waals surface area contributed by atoms with Gasteiger partial charge in [0.25, 0.3) is 0 Å². The zero-order valence-electron chi connectivity index (χ0n) is 15.6. The van der Waals surface area contributed by atoms with E-state index in [-0.39, 0.29) is 0 Å². The van der Waals surface area contributed by atoms with Crippen LogP contribution in [0.4, 0.5) is 0 Å². The van der Waals surface area contributed by atoms with Gasteiger partial charge in [0.2, 0.25) is 0 Å². The van der Waals surface area contributed by atoms with Crippen molar-refractivity contribution in [1.82, 2.24) is 14.5 Å². The molecule has 0 N–H and O–H groups in total. The molecule has 1 fully saturated rings. The average Bonchev–Trinajstić information content (AvgIpc) is 2.78. The van der Waals surface area contributed by atoms with Crippen molar-refractivity contribution in [2.75, 3.05) is 13.1 Å². The van der Waals surface area contributed by atoms with Gasteiger partial charge in [0.15, 0.2) is 0 Å². The molecule has 0 radical (unpaired) electrons. The van der Waals surface area contributed by atoms with Crippen molar-refractivity contribution < 1.29 is 0 Å². The van der Waals surface area contributed by atoms with Crippen LogP contribution in [0.5, 0.6) is 0 Å². The minimum atomic E-state index is 0.678. The highest BCUT2D eigenvalue weighted by molar-refractivity contribution is 5.89. The zero-order chi connectivity index (χ0) is 17.7. The zero-order valence-corrected chi connectivity index (χ0v) is 15.6. The Balaban J connectivity index is 1.69. The number of nitrogens with zero attached hydrogens (tertiary/aromatic N) is 3. The third kappa shape index (κ3) is 2.58. The Hall–Kier alpha value is -2.39. The number of hydrogen-bond acceptors (Lipinski definition) is 2. The van der Waals surface area contributed by atoms with E-state index in [2.05, 4.69) is 64.0 Å². The van der Waals surface area contributed by atoms with Crippen molar-refractivity contribution in [2.45, 2.75) is 39.2 Å². The van der Waals surface area contributed by atoms with Gasteiger partial charge in [-0.1, -0.05) is 17.7 Å². The Labute approximate surface area is 155 Å². The van der Waals surface area contributed by atoms with Crippen LogP contribution in [0, 0.1) is 13.8 Å². The highest BCUT2D eigenvalue weighted by Gasteiger charge is 2.32. The second-order valence-corrected chi connectivity index (χ2v) is 7.85. The fourth-order valence-electron chi connectivity index (χ4n) is 4.61. The second kappa shape index (κ2) is 6.10. The molecule has 1 saturated heterocycles. The number of piperidine rings is 1. The summed E-state index contributed by atoms with van der Waals surface area (Å²) in [7, 11) is 0. The van der Waals surface area contributed by atoms with Crippen molar-refractivity contribution in [3.8, 4) is 0 Å². The Bertz CT molecular complexity index is 986. The first-order chi connectivity index (χ1) is 12.7. The lowest BCUT2D eigenvalue weighted by Gasteiger charge is -2.27. The van der Waals surface area contributed by atoms with Gasteiger partial charge in [-0.25, -0.2) is 0 Å². The molecule has 1 aromatic carbocycles. The molecule has 26 heavy (non-hydrogen) atoms. The van der Waals surface area contributed by atoms with Crippen molar-refractivity contribution in [3.05, 3.63) is 64.6 Å². The summed E-state index contributed by atoms with van der Waals surface area (Å²) < 4.78 is 2.46. The summed E-state index contributed by atoms with van der Waals surface area (Å²) in [6.07, 6.45) is 8.97. The van der Waals surface area contributed by atoms with Crippen LogP contribution in [0.25, 0.3) is 23.2 Å². The molecule has 0 amide bonds. The Morgan fingerprint density at radius 1 is 1.08 bits per heavy atom. The lowest BCUT2D eigenvalue weighted by molar-refractivity contribution is 0.220. The van der Waals surface area contributed by atoms with E-state index < -0.39 is 0 Å². The third-order valence-corrected chi connectivity index (χ3v) is 6.01. The first-order valence-corrected chi connectivity index (χ1v) is 9.65. The minimum Gasteiger partial charge on any atom is -0.320 e. The summed E-state index contributed by atoms with van der Waals surface area (Å²) in [4.78, 5) is 7.05. The molecule has 3 aliphatic heterocycles. The van der Waals surface area contributed by atoms with Gasteiger partial charge >= 0.3 is 0 Å². The van der Waals surface area contributed by atoms with Gasteiger partial charge in [-0.3, -0.25) is 9.88 Å². The van der Waals surface area contributed by atoms with Gasteiger partial charge in [-0.2, -0.15) is 0 Å². The molecule has 5 heterocycles. The van der Waals surface area contributed by atoms with E-state index in [0.29, 0.717) is 5.92 Å². The van der Waals surface area contributed by atoms with Crippen LogP contribution in [0.1, 0.15) is 46.8 Å². The quantitative estimate of drug-likeness (QED) is 0.655. The minimum absolute atomic E-state index is 0.678. The maximum absolute atomic E-state index is 4.43. The number of fused-ring (bicyclic) bond motifs is 3. The van der Waals surface area contributed by atoms with Crippen LogP contribution in [-0.2, 0) is 6.54 Å². The van der Waals surface area contributed by atoms with Gasteiger partial charge < -0.3 is 4.57 Å². The Kier molecular flexibility index (Phi) is 3.71. The summed E-state index contributed by atoms with van der Waals surface area (Å²) >= 11 is 0. The molecule has 3 nitrogen and oxygen atoms in total. The molecule has 132 valence electrons. The van der Waals surface area contributed by atoms with E-state index in [1.165, 1.54) is 42.4 Å². The highest BCUT2D eigenvalue weighted by atomic mass is 15.1. The summed E-state index contributed by atoms with van der Waals surface area (Å²) in [6.45, 7) is 7.79. The molecule has 0 saturated carbocycles. The first kappa shape index (κ1) is 15.8. The predicted molar refractivity (Wildman–Crippen MR) is 108 cm³/mol. The van der Waals surface area contributed by atoms with Crippen molar-refractivity contribution in [1.29, 1.82) is 0 Å². The maximum Gasteiger partial charge on any atom is 0.0529 e. The van der Waals surface area contributed by atoms with Crippen LogP contribution in [0.3, 0.4) is 0 Å². The molecule has 3 aromatic rings. The molecule has 3 heteroatoms. The van der Waals surface area contributed by atoms with Crippen molar-refractivity contribution >= 4 is 23.2 Å². The standard InChI is InChI=1S/C23H25N3/c1-16-3-6-22-20(13-16)21-15-25-10-8-19(9-11-25)23(21)26(22)12-7-18-5-4-17(2)24-14-18/h3-7,12-14,19H,8-11,15H2,1-2H3/b12-7+. The fraction of sp³-hybridized carbons (Fsp3) is 0.348. The van der Waals surface area contributed by atoms with Crippen molar-refractivity contribution in [3.63, 3.8) is 0 Å². The SMILES string of the molecule is Cc1ccc2c(c1)c1c(n2/C=C/c2ccc(C)nc2)C2CCN(CC2)C1. The second-order valence-electron chi connectivity index (χ2n) is 7.85. The molecule has 0 aliphatic carbocycles. The lowest BCUT2D eigenvalue weighted by atomic mass is 9.94. The largest absolute Gasteiger partial charge is 0.320 e. The molecular formula is C23H25N3. The highest BCUT2D eigenvalue weighted by Crippen LogP contribution is 2.41. The average molecular weight is 343 g/mol. The Morgan fingerprint density at radius 3 is 2.69 bits per heavy atom. The van der Waals surface area contributed by atoms with Gasteiger partial charge in [-0.15, -0.1) is 0 Å². The van der Waals surface area contributed by atoms with Crippen LogP contribution in [0.15, 0.2) is 36.5 Å². The number of rotatable bonds is 2. The molecule has 0 spiro atoms. The smallest absolute Gasteiger partial charge is 0.0529 e. The molecule has 0 unspecified atom stereocenters. The van der Waals surface area contributed by atoms with Crippen molar-refractivity contribution in [2.24, 2.45) is 0 Å². The fourth-order valence-corrected chi connectivity index (χ4v) is 4.61. The van der Waals surface area contributed by atoms with E-state index >= 15 is 0 Å². The van der Waals surface area contributed by atoms with Gasteiger partial charge in [0.05, 0.1) is 5.52 Å². The van der Waals surface area contributed by atoms with Crippen LogP contribution in [-0.4, -0.2) is 27.5 Å². The van der Waals surface area contributed by atoms with Crippen LogP contribution < -0.4 is 0 Å². The molecule has 6 rings (SSSR count). The molecule has 2 aromatic heterocycles. The number of hydrogen-bond donors (Lipinski definition) is 0. The molecular weight excluding hydrogens is 318 g/mol. The van der Waals surface area contributed by atoms with Gasteiger partial charge in [-0.05, 0) is 75.2 Å². The number of benzene rings is 1. The number of aryl methyl sites for hydroxylation is 2. The van der Waals surface area contributed by atoms with E-state index in [9.17, 15) is 0 Å². The molecule has 3 aliphatic rings. The van der Waals surface area contributed by atoms with Gasteiger partial charge in [0.1, 0.15) is 0 Å². The summed E-state index contributed by atoms with van der Waals surface area (Å²) in [5.74, 6) is 0.678. The lowest BCUT2D eigenvalue weighted by Crippen LogP contribution is -2.29. The number of aromatic nitrogens is 2. The predicted octanol–water partition coefficient (Wildman–Crippen LogP) is 4.97. The first-order valence-electron chi connectivity index (χ1n) is 9.65. The summed E-state index contributed by atoms with van der Waals surface area (Å²) in [5, 5.41) is 1.44. The third-order valence-electron chi connectivity index (χ3n) is 6.01. The van der Waals surface area contributed by atoms with Crippen LogP contribution >= 0.6 is 0 Å². The van der Waals surface area contributed by atoms with E-state index in [1.54, 1.807) is 11.3 Å². The van der Waals surface area contributed by atoms with Gasteiger partial charge in [0, 0.05) is 41.6 Å². The molecule has 2 bridgehead atoms. The van der Waals surface area contributed by atoms with E-state index in [1.807, 2.05) is 13.1 Å². The van der Waals surface area contributed by atoms with Crippen LogP contribution in [0.2, 0.25) is 0 Å². The summed E-state index contributed by atoms with van der Waals surface area (Å²) in [6, 6.07) is 11.1. The topological polar surface area (TPSA) is 21.1 Å². The molecule has 0 atom stereocenters. The normalized spacial score (nSPS) is 22.1.